The van der Waals surface area contributed by atoms with Gasteiger partial charge in [0.2, 0.25) is 0 Å². The van der Waals surface area contributed by atoms with Crippen molar-refractivity contribution in [1.29, 1.82) is 0 Å². The number of hydrogen-bond acceptors (Lipinski definition) is 3. The van der Waals surface area contributed by atoms with E-state index in [-0.39, 0.29) is 0 Å². The molecule has 3 nitrogen and oxygen atoms in total. The Balaban J connectivity index is 0.876. The van der Waals surface area contributed by atoms with Crippen molar-refractivity contribution in [3.8, 4) is 72.9 Å². The molecule has 0 radical (unpaired) electrons. The quantitative estimate of drug-likeness (QED) is 0.122. The van der Waals surface area contributed by atoms with Gasteiger partial charge >= 0.3 is 0 Å². The molecule has 0 aromatic heterocycles. The number of rotatable bonds is 12. The van der Waals surface area contributed by atoms with Crippen LogP contribution in [0.5, 0.6) is 17.2 Å². The largest absolute Gasteiger partial charge is 0.493 e. The van der Waals surface area contributed by atoms with E-state index >= 15 is 0 Å². The summed E-state index contributed by atoms with van der Waals surface area (Å²) in [5, 5.41) is 0. The highest BCUT2D eigenvalue weighted by molar-refractivity contribution is 5.98. The molecule has 1 aliphatic heterocycles. The molecule has 1 spiro atoms. The second-order valence-corrected chi connectivity index (χ2v) is 25.8. The molecule has 87 heavy (non-hydrogen) atoms. The molecular weight excluding hydrogens is 1050 g/mol. The summed E-state index contributed by atoms with van der Waals surface area (Å²) in [7, 11) is 0. The number of benzene rings is 11. The van der Waals surface area contributed by atoms with Crippen molar-refractivity contribution in [1.82, 2.24) is 0 Å². The summed E-state index contributed by atoms with van der Waals surface area (Å²) in [6.45, 7) is 23.2. The predicted octanol–water partition coefficient (Wildman–Crippen LogP) is 22.4. The Morgan fingerprint density at radius 3 is 1.32 bits per heavy atom. The van der Waals surface area contributed by atoms with E-state index in [0.717, 1.165) is 64.0 Å². The molecule has 0 saturated heterocycles. The molecule has 0 fully saturated rings. The summed E-state index contributed by atoms with van der Waals surface area (Å²) in [6.07, 6.45) is 4.78. The molecule has 0 N–H and O–H groups in total. The Kier molecular flexibility index (Phi) is 13.0. The van der Waals surface area contributed by atoms with Gasteiger partial charge in [0.25, 0.3) is 0 Å². The second-order valence-electron chi connectivity index (χ2n) is 25.8. The van der Waals surface area contributed by atoms with Crippen LogP contribution in [0.4, 0.5) is 17.1 Å². The molecule has 11 aromatic carbocycles. The summed E-state index contributed by atoms with van der Waals surface area (Å²) < 4.78 is 13.4. The van der Waals surface area contributed by atoms with Gasteiger partial charge in [-0.1, -0.05) is 189 Å². The van der Waals surface area contributed by atoms with Crippen LogP contribution in [0.25, 0.3) is 55.6 Å². The number of anilines is 3. The van der Waals surface area contributed by atoms with Crippen molar-refractivity contribution >= 4 is 17.1 Å². The highest BCUT2D eigenvalue weighted by atomic mass is 16.5. The normalized spacial score (nSPS) is 14.3. The minimum atomic E-state index is -0.654. The standard InChI is InChI=1S/C84H75NO2/c1-11-13-14-58(12-2)49-86-66-31-29-65(30-32-66)85-79-37-20-53(6)40-81(79)87-82-48-62(24-38-80(82)85)61-23-35-69-68-34-21-59(45-76(68)83(77(69)46-61,63-25-15-50(3)16-26-63)64-27-17-51(4)18-28-64)60-22-36-70-67-33-19-52(5)39-73(67)84(78(70)47-60)74-43-56(9)54(7)41-71(74)72-42-55(8)57(10)44-75(72)84/h15-48,58H,11-14,49H2,1-10H3. The van der Waals surface area contributed by atoms with Crippen LogP contribution < -0.4 is 14.4 Å². The van der Waals surface area contributed by atoms with Crippen molar-refractivity contribution in [2.24, 2.45) is 5.92 Å². The van der Waals surface area contributed by atoms with Crippen molar-refractivity contribution in [2.45, 2.75) is 106 Å². The number of hydrogen-bond donors (Lipinski definition) is 0. The maximum absolute atomic E-state index is 6.98. The Hall–Kier alpha value is -9.18. The monoisotopic (exact) mass is 1130 g/mol. The summed E-state index contributed by atoms with van der Waals surface area (Å²) in [5.41, 5.74) is 35.2. The fourth-order valence-electron chi connectivity index (χ4n) is 15.3. The van der Waals surface area contributed by atoms with E-state index in [9.17, 15) is 0 Å². The zero-order valence-corrected chi connectivity index (χ0v) is 52.0. The molecule has 0 bridgehead atoms. The summed E-state index contributed by atoms with van der Waals surface area (Å²) in [5.74, 6) is 3.12. The summed E-state index contributed by atoms with van der Waals surface area (Å²) in [4.78, 5) is 2.34. The smallest absolute Gasteiger partial charge is 0.152 e. The molecule has 1 unspecified atom stereocenters. The zero-order chi connectivity index (χ0) is 59.6. The van der Waals surface area contributed by atoms with Gasteiger partial charge in [-0.25, -0.2) is 0 Å². The average molecular weight is 1130 g/mol. The van der Waals surface area contributed by atoms with E-state index in [0.29, 0.717) is 5.92 Å². The maximum Gasteiger partial charge on any atom is 0.152 e. The first-order valence-electron chi connectivity index (χ1n) is 31.7. The van der Waals surface area contributed by atoms with Crippen molar-refractivity contribution in [3.05, 3.63) is 295 Å². The first-order valence-corrected chi connectivity index (χ1v) is 31.7. The minimum Gasteiger partial charge on any atom is -0.493 e. The summed E-state index contributed by atoms with van der Waals surface area (Å²) in [6, 6.07) is 79.6. The van der Waals surface area contributed by atoms with E-state index in [4.69, 9.17) is 9.47 Å². The second kappa shape index (κ2) is 20.8. The van der Waals surface area contributed by atoms with Crippen molar-refractivity contribution < 1.29 is 9.47 Å². The van der Waals surface area contributed by atoms with Gasteiger partial charge in [0.15, 0.2) is 11.5 Å². The van der Waals surface area contributed by atoms with E-state index in [1.54, 1.807) is 0 Å². The van der Waals surface area contributed by atoms with Gasteiger partial charge in [-0.15, -0.1) is 0 Å². The Labute approximate surface area is 515 Å². The summed E-state index contributed by atoms with van der Waals surface area (Å²) >= 11 is 0. The van der Waals surface area contributed by atoms with Crippen LogP contribution in [0.2, 0.25) is 0 Å². The van der Waals surface area contributed by atoms with Crippen molar-refractivity contribution in [2.75, 3.05) is 11.5 Å². The lowest BCUT2D eigenvalue weighted by Crippen LogP contribution is -2.28. The number of fused-ring (bicyclic) bond motifs is 15. The van der Waals surface area contributed by atoms with Crippen LogP contribution >= 0.6 is 0 Å². The third-order valence-corrected chi connectivity index (χ3v) is 20.3. The SMILES string of the molecule is CCCCC(CC)COc1ccc(N2c3ccc(C)cc3Oc3cc(-c4ccc5c(c4)C(c4ccc(C)cc4)(c4ccc(C)cc4)c4cc(-c6ccc7c(c6)C6(c8cc(C)ccc8-7)c7cc(C)c(C)cc7-c7cc(C)c(C)cc76)ccc4-5)ccc32)cc1. The molecule has 0 amide bonds. The molecule has 428 valence electrons. The van der Waals surface area contributed by atoms with Gasteiger partial charge in [-0.3, -0.25) is 0 Å². The molecule has 3 aliphatic carbocycles. The third-order valence-electron chi connectivity index (χ3n) is 20.3. The fourth-order valence-corrected chi connectivity index (χ4v) is 15.3. The first kappa shape index (κ1) is 54.5. The van der Waals surface area contributed by atoms with Crippen LogP contribution in [0, 0.1) is 61.3 Å². The maximum atomic E-state index is 6.98. The number of unbranched alkanes of at least 4 members (excludes halogenated alkanes) is 1. The lowest BCUT2D eigenvalue weighted by molar-refractivity contribution is 0.233. The first-order chi connectivity index (χ1) is 42.3. The molecule has 4 aliphatic rings. The van der Waals surface area contributed by atoms with Gasteiger partial charge in [-0.2, -0.15) is 0 Å². The lowest BCUT2D eigenvalue weighted by Gasteiger charge is -2.35. The van der Waals surface area contributed by atoms with Crippen LogP contribution in [-0.2, 0) is 10.8 Å². The van der Waals surface area contributed by atoms with Crippen LogP contribution in [0.1, 0.15) is 129 Å². The van der Waals surface area contributed by atoms with E-state index < -0.39 is 10.8 Å². The minimum absolute atomic E-state index is 0.472. The highest BCUT2D eigenvalue weighted by Crippen LogP contribution is 2.65. The topological polar surface area (TPSA) is 21.7 Å². The molecule has 1 heterocycles. The third kappa shape index (κ3) is 8.43. The van der Waals surface area contributed by atoms with Crippen LogP contribution in [0.3, 0.4) is 0 Å². The van der Waals surface area contributed by atoms with Gasteiger partial charge in [0.05, 0.1) is 28.8 Å². The van der Waals surface area contributed by atoms with Gasteiger partial charge in [0, 0.05) is 5.69 Å². The predicted molar refractivity (Wildman–Crippen MR) is 362 cm³/mol. The zero-order valence-electron chi connectivity index (χ0n) is 52.0. The Bertz CT molecular complexity index is 4490. The molecular formula is C84H75NO2. The number of nitrogens with zero attached hydrogens (tertiary/aromatic N) is 1. The van der Waals surface area contributed by atoms with E-state index in [1.807, 2.05) is 0 Å². The van der Waals surface area contributed by atoms with Gasteiger partial charge < -0.3 is 14.4 Å². The lowest BCUT2D eigenvalue weighted by atomic mass is 9.67. The van der Waals surface area contributed by atoms with Gasteiger partial charge in [0.1, 0.15) is 5.75 Å². The molecule has 11 aromatic rings. The molecule has 0 saturated carbocycles. The molecule has 3 heteroatoms. The van der Waals surface area contributed by atoms with Crippen LogP contribution in [-0.4, -0.2) is 6.61 Å². The number of ether oxygens (including phenoxy) is 2. The van der Waals surface area contributed by atoms with Gasteiger partial charge in [-0.05, 0) is 262 Å². The van der Waals surface area contributed by atoms with E-state index in [1.165, 1.54) is 147 Å². The molecule has 15 rings (SSSR count). The Morgan fingerprint density at radius 2 is 0.793 bits per heavy atom. The van der Waals surface area contributed by atoms with Crippen LogP contribution in [0.15, 0.2) is 206 Å². The Morgan fingerprint density at radius 1 is 0.379 bits per heavy atom. The van der Waals surface area contributed by atoms with E-state index in [2.05, 4.69) is 280 Å². The highest BCUT2D eigenvalue weighted by Gasteiger charge is 2.53. The van der Waals surface area contributed by atoms with Crippen molar-refractivity contribution in [3.63, 3.8) is 0 Å². The number of aryl methyl sites for hydroxylation is 8. The molecule has 1 atom stereocenters. The average Bonchev–Trinajstić information content (AvgIpc) is 1.52. The fraction of sp³-hybridized carbons (Fsp3) is 0.214.